The van der Waals surface area contributed by atoms with E-state index in [1.807, 2.05) is 32.0 Å². The van der Waals surface area contributed by atoms with Crippen molar-refractivity contribution < 1.29 is 40.5 Å². The van der Waals surface area contributed by atoms with E-state index in [1.54, 1.807) is 91.9 Å². The fourth-order valence-electron chi connectivity index (χ4n) is 7.11. The van der Waals surface area contributed by atoms with Crippen LogP contribution in [-0.4, -0.2) is 44.9 Å². The first kappa shape index (κ1) is 48.0. The molecule has 0 unspecified atom stereocenters. The Labute approximate surface area is 401 Å². The number of ether oxygens (including phenoxy) is 2. The second kappa shape index (κ2) is 20.0. The van der Waals surface area contributed by atoms with Crippen molar-refractivity contribution in [2.45, 2.75) is 30.6 Å². The van der Waals surface area contributed by atoms with E-state index in [9.17, 15) is 31.0 Å². The van der Waals surface area contributed by atoms with E-state index < -0.39 is 30.0 Å². The lowest BCUT2D eigenvalue weighted by Gasteiger charge is -2.11. The van der Waals surface area contributed by atoms with Crippen LogP contribution in [-0.2, 0) is 20.2 Å². The zero-order valence-corrected chi connectivity index (χ0v) is 39.3. The number of benzene rings is 8. The lowest BCUT2D eigenvalue weighted by Crippen LogP contribution is -2.08. The van der Waals surface area contributed by atoms with E-state index >= 15 is 0 Å². The minimum absolute atomic E-state index is 0.0166. The number of hydrogen-bond acceptors (Lipinski definition) is 17. The maximum absolute atomic E-state index is 12.2. The third-order valence-electron chi connectivity index (χ3n) is 10.8. The van der Waals surface area contributed by atoms with Crippen LogP contribution in [0, 0.1) is 20.8 Å². The van der Waals surface area contributed by atoms with Crippen LogP contribution in [0.25, 0.3) is 21.5 Å². The molecule has 8 aromatic carbocycles. The summed E-state index contributed by atoms with van der Waals surface area (Å²) >= 11 is 0. The van der Waals surface area contributed by atoms with Gasteiger partial charge in [0.05, 0.1) is 35.5 Å². The van der Waals surface area contributed by atoms with Gasteiger partial charge in [0.2, 0.25) is 0 Å². The molecular formula is C49H42N10O9S2. The van der Waals surface area contributed by atoms with Crippen molar-refractivity contribution in [3.63, 3.8) is 0 Å². The zero-order chi connectivity index (χ0) is 49.7. The molecule has 6 N–H and O–H groups in total. The first-order valence-electron chi connectivity index (χ1n) is 21.0. The Morgan fingerprint density at radius 2 is 1.10 bits per heavy atom. The summed E-state index contributed by atoms with van der Waals surface area (Å²) in [6, 6.07) is 35.9. The number of phenols is 1. The van der Waals surface area contributed by atoms with Gasteiger partial charge in [-0.15, -0.1) is 15.3 Å². The SMILES string of the molecule is COc1cc(N=Nc2ccc(N=Nc3ccc(N=Nc4cc5c(S(=O)(=O)O)cccc5cc4S(=O)(=O)O)c(C)c3)c(C)c2)c(C)cc1N=Nc1ccc2cc(NCOc3ccc(N)cc3)ccc2c1O. The van der Waals surface area contributed by atoms with Crippen LogP contribution in [0.15, 0.2) is 184 Å². The number of hydrogen-bond donors (Lipinski definition) is 5. The van der Waals surface area contributed by atoms with Gasteiger partial charge in [0.25, 0.3) is 20.2 Å². The Kier molecular flexibility index (Phi) is 13.7. The standard InChI is InChI=1S/C49H42N10O9S2/c1-28-20-36(12-18-40(28)54-52-35-13-19-41(29(2)21-35)55-59-45-25-39-31(24-48(45)70(64,65)66)6-5-7-47(39)69(61,62)63)53-57-43-26-46(67-4)44(22-30(43)3)58-56-42-17-8-32-23-34(11-16-38(32)49(42)60)51-27-68-37-14-9-33(50)10-15-37/h5-26,51,60H,27,50H2,1-4H3,(H,61,62,63)(H,64,65,66). The van der Waals surface area contributed by atoms with Gasteiger partial charge in [-0.1, -0.05) is 18.2 Å². The predicted octanol–water partition coefficient (Wildman–Crippen LogP) is 13.8. The number of aryl methyl sites for hydroxylation is 3. The summed E-state index contributed by atoms with van der Waals surface area (Å²) < 4.78 is 79.4. The normalized spacial score (nSPS) is 12.3. The molecule has 0 bridgehead atoms. The molecule has 0 amide bonds. The molecule has 8 rings (SSSR count). The van der Waals surface area contributed by atoms with Gasteiger partial charge in [0.1, 0.15) is 38.4 Å². The van der Waals surface area contributed by atoms with Crippen molar-refractivity contribution in [2.75, 3.05) is 24.9 Å². The van der Waals surface area contributed by atoms with Crippen LogP contribution in [0.2, 0.25) is 0 Å². The molecule has 0 aliphatic carbocycles. The maximum Gasteiger partial charge on any atom is 0.296 e. The van der Waals surface area contributed by atoms with Gasteiger partial charge in [-0.3, -0.25) is 9.11 Å². The quantitative estimate of drug-likeness (QED) is 0.0278. The molecule has 21 heteroatoms. The van der Waals surface area contributed by atoms with Gasteiger partial charge in [-0.05, 0) is 157 Å². The number of fused-ring (bicyclic) bond motifs is 2. The number of rotatable bonds is 15. The molecule has 0 aliphatic heterocycles. The van der Waals surface area contributed by atoms with Crippen molar-refractivity contribution in [1.29, 1.82) is 0 Å². The number of nitrogens with zero attached hydrogens (tertiary/aromatic N) is 8. The minimum Gasteiger partial charge on any atom is -0.505 e. The average molecular weight is 979 g/mol. The number of nitrogen functional groups attached to an aromatic ring is 1. The van der Waals surface area contributed by atoms with Crippen LogP contribution >= 0.6 is 0 Å². The smallest absolute Gasteiger partial charge is 0.296 e. The van der Waals surface area contributed by atoms with Gasteiger partial charge in [-0.25, -0.2) is 0 Å². The van der Waals surface area contributed by atoms with E-state index in [0.29, 0.717) is 62.3 Å². The first-order valence-corrected chi connectivity index (χ1v) is 23.9. The largest absolute Gasteiger partial charge is 0.505 e. The lowest BCUT2D eigenvalue weighted by molar-refractivity contribution is 0.347. The Bertz CT molecular complexity index is 3700. The van der Waals surface area contributed by atoms with E-state index in [2.05, 4.69) is 46.2 Å². The Morgan fingerprint density at radius 1 is 0.529 bits per heavy atom. The van der Waals surface area contributed by atoms with Gasteiger partial charge in [-0.2, -0.15) is 42.4 Å². The van der Waals surface area contributed by atoms with Gasteiger partial charge in [0, 0.05) is 28.2 Å². The average Bonchev–Trinajstić information content (AvgIpc) is 3.32. The number of anilines is 2. The summed E-state index contributed by atoms with van der Waals surface area (Å²) in [5, 5.41) is 50.4. The lowest BCUT2D eigenvalue weighted by atomic mass is 10.1. The van der Waals surface area contributed by atoms with E-state index in [1.165, 1.54) is 19.2 Å². The first-order chi connectivity index (χ1) is 33.4. The third kappa shape index (κ3) is 11.1. The van der Waals surface area contributed by atoms with Gasteiger partial charge in [0.15, 0.2) is 12.5 Å². The summed E-state index contributed by atoms with van der Waals surface area (Å²) in [5.74, 6) is 1.05. The van der Waals surface area contributed by atoms with Crippen LogP contribution in [0.1, 0.15) is 16.7 Å². The molecule has 0 aliphatic rings. The molecule has 0 atom stereocenters. The van der Waals surface area contributed by atoms with E-state index in [-0.39, 0.29) is 34.6 Å². The van der Waals surface area contributed by atoms with Crippen LogP contribution in [0.3, 0.4) is 0 Å². The predicted molar refractivity (Wildman–Crippen MR) is 266 cm³/mol. The van der Waals surface area contributed by atoms with E-state index in [0.717, 1.165) is 40.4 Å². The van der Waals surface area contributed by atoms with E-state index in [4.69, 9.17) is 15.2 Å². The highest BCUT2D eigenvalue weighted by atomic mass is 32.2. The number of methoxy groups -OCH3 is 1. The Hall–Kier alpha value is -8.50. The molecule has 0 aromatic heterocycles. The number of nitrogens with two attached hydrogens (primary N) is 1. The molecular weight excluding hydrogens is 937 g/mol. The molecule has 0 radical (unpaired) electrons. The molecule has 0 heterocycles. The fourth-order valence-corrected chi connectivity index (χ4v) is 8.46. The van der Waals surface area contributed by atoms with Crippen molar-refractivity contribution >= 4 is 98.7 Å². The number of aromatic hydroxyl groups is 1. The fraction of sp³-hybridized carbons (Fsp3) is 0.102. The van der Waals surface area contributed by atoms with Crippen LogP contribution in [0.4, 0.5) is 56.9 Å². The maximum atomic E-state index is 12.2. The minimum atomic E-state index is -4.80. The second-order valence-electron chi connectivity index (χ2n) is 15.7. The third-order valence-corrected chi connectivity index (χ3v) is 12.6. The number of nitrogens with one attached hydrogen (secondary N) is 1. The van der Waals surface area contributed by atoms with Crippen LogP contribution < -0.4 is 20.5 Å². The molecule has 8 aromatic rings. The Balaban J connectivity index is 0.921. The van der Waals surface area contributed by atoms with Crippen molar-refractivity contribution in [3.8, 4) is 17.2 Å². The van der Waals surface area contributed by atoms with Crippen molar-refractivity contribution in [2.24, 2.45) is 40.9 Å². The molecule has 0 saturated heterocycles. The van der Waals surface area contributed by atoms with Gasteiger partial charge >= 0.3 is 0 Å². The molecule has 0 fully saturated rings. The summed E-state index contributed by atoms with van der Waals surface area (Å²) in [6.45, 7) is 5.67. The van der Waals surface area contributed by atoms with Crippen LogP contribution in [0.5, 0.6) is 17.2 Å². The highest BCUT2D eigenvalue weighted by Gasteiger charge is 2.21. The summed E-state index contributed by atoms with van der Waals surface area (Å²) in [5.41, 5.74) is 12.1. The molecule has 0 saturated carbocycles. The molecule has 0 spiro atoms. The molecule has 70 heavy (non-hydrogen) atoms. The number of phenolic OH excluding ortho intramolecular Hbond substituents is 1. The van der Waals surface area contributed by atoms with Gasteiger partial charge < -0.3 is 25.6 Å². The topological polar surface area (TPSA) is 284 Å². The summed E-state index contributed by atoms with van der Waals surface area (Å²) in [7, 11) is -7.97. The highest BCUT2D eigenvalue weighted by Crippen LogP contribution is 2.41. The molecule has 19 nitrogen and oxygen atoms in total. The summed E-state index contributed by atoms with van der Waals surface area (Å²) in [6.07, 6.45) is 0. The van der Waals surface area contributed by atoms with Crippen molar-refractivity contribution in [1.82, 2.24) is 0 Å². The monoisotopic (exact) mass is 978 g/mol. The number of azo groups is 4. The summed E-state index contributed by atoms with van der Waals surface area (Å²) in [4.78, 5) is -1.07. The molecule has 354 valence electrons. The zero-order valence-electron chi connectivity index (χ0n) is 37.7. The van der Waals surface area contributed by atoms with Crippen molar-refractivity contribution in [3.05, 3.63) is 150 Å². The Morgan fingerprint density at radius 3 is 1.74 bits per heavy atom. The second-order valence-corrected chi connectivity index (χ2v) is 18.5. The highest BCUT2D eigenvalue weighted by molar-refractivity contribution is 7.86.